The highest BCUT2D eigenvalue weighted by molar-refractivity contribution is 6.30. The van der Waals surface area contributed by atoms with Gasteiger partial charge in [0.2, 0.25) is 11.6 Å². The van der Waals surface area contributed by atoms with Gasteiger partial charge in [-0.15, -0.1) is 0 Å². The van der Waals surface area contributed by atoms with Crippen molar-refractivity contribution in [3.8, 4) is 0 Å². The number of nitrogens with zero attached hydrogens (tertiary/aromatic N) is 4. The molecule has 0 aliphatic heterocycles. The maximum atomic E-state index is 12.0. The standard InChI is InChI=1S/C20H19ClN6O4/c1-12(2)10-31-20(28)13-3-6-15(7-4-13)25-18-17(27(29)30)19(24-11-23-18)26-16-8-5-14(21)9-22-16/h3-9,11-12H,10H2,1-2H3,(H2,22,23,24,25,26). The number of rotatable bonds is 8. The number of ether oxygens (including phenoxy) is 1. The van der Waals surface area contributed by atoms with E-state index in [1.165, 1.54) is 12.5 Å². The molecule has 11 heteroatoms. The van der Waals surface area contributed by atoms with Crippen LogP contribution in [-0.2, 0) is 4.74 Å². The van der Waals surface area contributed by atoms with Crippen molar-refractivity contribution in [2.75, 3.05) is 17.2 Å². The molecule has 0 unspecified atom stereocenters. The van der Waals surface area contributed by atoms with Gasteiger partial charge in [0, 0.05) is 11.9 Å². The van der Waals surface area contributed by atoms with E-state index in [4.69, 9.17) is 16.3 Å². The number of halogens is 1. The van der Waals surface area contributed by atoms with Crippen molar-refractivity contribution >= 4 is 46.4 Å². The minimum Gasteiger partial charge on any atom is -0.462 e. The Kier molecular flexibility index (Phi) is 6.93. The predicted octanol–water partition coefficient (Wildman–Crippen LogP) is 4.73. The summed E-state index contributed by atoms with van der Waals surface area (Å²) in [5.74, 6) is 0.0727. The molecule has 0 aliphatic carbocycles. The van der Waals surface area contributed by atoms with Crippen LogP contribution in [0.4, 0.5) is 28.8 Å². The lowest BCUT2D eigenvalue weighted by atomic mass is 10.2. The van der Waals surface area contributed by atoms with Crippen LogP contribution in [-0.4, -0.2) is 32.5 Å². The Balaban J connectivity index is 1.80. The van der Waals surface area contributed by atoms with Crippen molar-refractivity contribution in [3.05, 3.63) is 69.6 Å². The fourth-order valence-corrected chi connectivity index (χ4v) is 2.57. The lowest BCUT2D eigenvalue weighted by Gasteiger charge is -2.10. The second-order valence-corrected chi connectivity index (χ2v) is 7.29. The summed E-state index contributed by atoms with van der Waals surface area (Å²) in [6, 6.07) is 9.50. The normalized spacial score (nSPS) is 10.6. The third kappa shape index (κ3) is 5.86. The third-order valence-electron chi connectivity index (χ3n) is 3.91. The predicted molar refractivity (Wildman–Crippen MR) is 116 cm³/mol. The number of aromatic nitrogens is 3. The molecule has 0 bridgehead atoms. The van der Waals surface area contributed by atoms with E-state index in [1.54, 1.807) is 36.4 Å². The molecule has 0 saturated heterocycles. The molecule has 0 fully saturated rings. The largest absolute Gasteiger partial charge is 0.462 e. The van der Waals surface area contributed by atoms with E-state index in [2.05, 4.69) is 25.6 Å². The number of benzene rings is 1. The summed E-state index contributed by atoms with van der Waals surface area (Å²) in [5, 5.41) is 17.8. The first-order valence-corrected chi connectivity index (χ1v) is 9.63. The number of nitrogens with one attached hydrogen (secondary N) is 2. The van der Waals surface area contributed by atoms with Gasteiger partial charge in [-0.2, -0.15) is 0 Å². The molecule has 2 aromatic heterocycles. The number of nitro groups is 1. The maximum Gasteiger partial charge on any atom is 0.353 e. The number of esters is 1. The van der Waals surface area contributed by atoms with E-state index in [1.807, 2.05) is 13.8 Å². The van der Waals surface area contributed by atoms with Gasteiger partial charge in [-0.25, -0.2) is 19.7 Å². The molecule has 0 radical (unpaired) electrons. The highest BCUT2D eigenvalue weighted by Crippen LogP contribution is 2.32. The van der Waals surface area contributed by atoms with Crippen LogP contribution in [0.3, 0.4) is 0 Å². The quantitative estimate of drug-likeness (QED) is 0.288. The Morgan fingerprint density at radius 1 is 1.10 bits per heavy atom. The number of pyridine rings is 1. The van der Waals surface area contributed by atoms with Gasteiger partial charge in [0.05, 0.1) is 22.1 Å². The fourth-order valence-electron chi connectivity index (χ4n) is 2.46. The Morgan fingerprint density at radius 3 is 2.35 bits per heavy atom. The molecule has 0 atom stereocenters. The van der Waals surface area contributed by atoms with Crippen molar-refractivity contribution in [3.63, 3.8) is 0 Å². The zero-order chi connectivity index (χ0) is 22.4. The molecule has 0 amide bonds. The zero-order valence-electron chi connectivity index (χ0n) is 16.7. The summed E-state index contributed by atoms with van der Waals surface area (Å²) < 4.78 is 5.19. The molecule has 3 rings (SSSR count). The first-order chi connectivity index (χ1) is 14.8. The van der Waals surface area contributed by atoms with E-state index in [-0.39, 0.29) is 23.2 Å². The first kappa shape index (κ1) is 21.9. The summed E-state index contributed by atoms with van der Waals surface area (Å²) in [6.07, 6.45) is 2.59. The van der Waals surface area contributed by atoms with Crippen LogP contribution in [0.1, 0.15) is 24.2 Å². The van der Waals surface area contributed by atoms with Crippen molar-refractivity contribution in [1.29, 1.82) is 0 Å². The van der Waals surface area contributed by atoms with Gasteiger partial charge >= 0.3 is 11.7 Å². The molecule has 2 N–H and O–H groups in total. The molecular weight excluding hydrogens is 424 g/mol. The van der Waals surface area contributed by atoms with E-state index >= 15 is 0 Å². The lowest BCUT2D eigenvalue weighted by Crippen LogP contribution is -2.10. The molecule has 0 aliphatic rings. The molecule has 160 valence electrons. The van der Waals surface area contributed by atoms with E-state index in [0.29, 0.717) is 28.7 Å². The lowest BCUT2D eigenvalue weighted by molar-refractivity contribution is -0.383. The molecule has 0 saturated carbocycles. The molecule has 2 heterocycles. The zero-order valence-corrected chi connectivity index (χ0v) is 17.5. The summed E-state index contributed by atoms with van der Waals surface area (Å²) in [4.78, 5) is 35.1. The number of anilines is 4. The van der Waals surface area contributed by atoms with Gasteiger partial charge in [0.25, 0.3) is 0 Å². The van der Waals surface area contributed by atoms with Crippen LogP contribution in [0.15, 0.2) is 48.9 Å². The second kappa shape index (κ2) is 9.81. The van der Waals surface area contributed by atoms with Crippen LogP contribution in [0.25, 0.3) is 0 Å². The van der Waals surface area contributed by atoms with Crippen molar-refractivity contribution in [2.45, 2.75) is 13.8 Å². The number of hydrogen-bond donors (Lipinski definition) is 2. The van der Waals surface area contributed by atoms with Gasteiger partial charge in [-0.1, -0.05) is 25.4 Å². The topological polar surface area (TPSA) is 132 Å². The SMILES string of the molecule is CC(C)COC(=O)c1ccc(Nc2ncnc(Nc3ccc(Cl)cn3)c2[N+](=O)[O-])cc1. The average Bonchev–Trinajstić information content (AvgIpc) is 2.74. The molecular formula is C20H19ClN6O4. The fraction of sp³-hybridized carbons (Fsp3) is 0.200. The van der Waals surface area contributed by atoms with Crippen LogP contribution in [0.5, 0.6) is 0 Å². The summed E-state index contributed by atoms with van der Waals surface area (Å²) in [6.45, 7) is 4.21. The Morgan fingerprint density at radius 2 is 1.77 bits per heavy atom. The van der Waals surface area contributed by atoms with E-state index in [0.717, 1.165) is 0 Å². The van der Waals surface area contributed by atoms with Crippen LogP contribution in [0.2, 0.25) is 5.02 Å². The molecule has 3 aromatic rings. The maximum absolute atomic E-state index is 12.0. The van der Waals surface area contributed by atoms with Crippen molar-refractivity contribution < 1.29 is 14.5 Å². The van der Waals surface area contributed by atoms with Crippen molar-refractivity contribution in [2.24, 2.45) is 5.92 Å². The molecule has 10 nitrogen and oxygen atoms in total. The Hall–Kier alpha value is -3.79. The van der Waals surface area contributed by atoms with Gasteiger partial charge in [0.1, 0.15) is 12.1 Å². The van der Waals surface area contributed by atoms with Gasteiger partial charge < -0.3 is 15.4 Å². The summed E-state index contributed by atoms with van der Waals surface area (Å²) >= 11 is 5.81. The Labute approximate surface area is 182 Å². The highest BCUT2D eigenvalue weighted by Gasteiger charge is 2.23. The molecule has 31 heavy (non-hydrogen) atoms. The first-order valence-electron chi connectivity index (χ1n) is 9.25. The second-order valence-electron chi connectivity index (χ2n) is 6.86. The van der Waals surface area contributed by atoms with Crippen LogP contribution in [0, 0.1) is 16.0 Å². The van der Waals surface area contributed by atoms with Gasteiger partial charge in [-0.05, 0) is 42.3 Å². The third-order valence-corrected chi connectivity index (χ3v) is 4.13. The van der Waals surface area contributed by atoms with E-state index in [9.17, 15) is 14.9 Å². The minimum atomic E-state index is -0.599. The monoisotopic (exact) mass is 442 g/mol. The number of carbonyl (C=O) groups is 1. The van der Waals surface area contributed by atoms with Gasteiger partial charge in [-0.3, -0.25) is 10.1 Å². The highest BCUT2D eigenvalue weighted by atomic mass is 35.5. The van der Waals surface area contributed by atoms with E-state index < -0.39 is 10.9 Å². The summed E-state index contributed by atoms with van der Waals surface area (Å²) in [5.41, 5.74) is 0.511. The molecule has 1 aromatic carbocycles. The van der Waals surface area contributed by atoms with Gasteiger partial charge in [0.15, 0.2) is 0 Å². The van der Waals surface area contributed by atoms with Crippen molar-refractivity contribution in [1.82, 2.24) is 15.0 Å². The van der Waals surface area contributed by atoms with Crippen LogP contribution >= 0.6 is 11.6 Å². The van der Waals surface area contributed by atoms with Crippen LogP contribution < -0.4 is 10.6 Å². The number of carbonyl (C=O) groups excluding carboxylic acids is 1. The minimum absolute atomic E-state index is 0.0217. The molecule has 0 spiro atoms. The average molecular weight is 443 g/mol. The summed E-state index contributed by atoms with van der Waals surface area (Å²) in [7, 11) is 0. The number of hydrogen-bond acceptors (Lipinski definition) is 9. The smallest absolute Gasteiger partial charge is 0.353 e. The Bertz CT molecular complexity index is 1070.